The summed E-state index contributed by atoms with van der Waals surface area (Å²) in [7, 11) is 0. The molecule has 0 atom stereocenters. The molecule has 0 aliphatic carbocycles. The summed E-state index contributed by atoms with van der Waals surface area (Å²) in [5.41, 5.74) is 0.440. The minimum Gasteiger partial charge on any atom is -0.165 e. The summed E-state index contributed by atoms with van der Waals surface area (Å²) in [5, 5.41) is -1.11. The van der Waals surface area contributed by atoms with Gasteiger partial charge in [-0.1, -0.05) is 23.7 Å². The molecule has 0 saturated carbocycles. The molecule has 0 heterocycles. The molecule has 0 nitrogen and oxygen atoms in total. The number of rotatable bonds is 2. The van der Waals surface area contributed by atoms with E-state index in [2.05, 4.69) is 0 Å². The molecule has 0 aliphatic rings. The van der Waals surface area contributed by atoms with Crippen molar-refractivity contribution in [3.8, 4) is 0 Å². The van der Waals surface area contributed by atoms with Gasteiger partial charge in [0.1, 0.15) is 5.03 Å². The molecule has 0 fully saturated rings. The Bertz CT molecular complexity index is 354. The maximum atomic E-state index is 12.1. The van der Waals surface area contributed by atoms with E-state index in [1.54, 1.807) is 24.3 Å². The van der Waals surface area contributed by atoms with Gasteiger partial charge in [-0.25, -0.2) is 0 Å². The normalized spacial score (nSPS) is 13.0. The van der Waals surface area contributed by atoms with Gasteiger partial charge in [0.25, 0.3) is 0 Å². The highest BCUT2D eigenvalue weighted by Gasteiger charge is 2.32. The lowest BCUT2D eigenvalue weighted by atomic mass is 10.2. The first-order valence-corrected chi connectivity index (χ1v) is 5.62. The lowest BCUT2D eigenvalue weighted by molar-refractivity contribution is -0.0836. The van der Waals surface area contributed by atoms with Crippen molar-refractivity contribution in [3.63, 3.8) is 0 Å². The maximum absolute atomic E-state index is 12.1. The zero-order chi connectivity index (χ0) is 11.5. The van der Waals surface area contributed by atoms with Crippen LogP contribution in [0.15, 0.2) is 34.2 Å². The van der Waals surface area contributed by atoms with E-state index in [0.717, 1.165) is 11.0 Å². The molecule has 0 N–H and O–H groups in total. The molecule has 1 aromatic rings. The van der Waals surface area contributed by atoms with Crippen LogP contribution in [0.5, 0.6) is 0 Å². The van der Waals surface area contributed by atoms with Crippen LogP contribution >= 0.6 is 23.4 Å². The highest BCUT2D eigenvalue weighted by atomic mass is 35.5. The highest BCUT2D eigenvalue weighted by molar-refractivity contribution is 7.98. The van der Waals surface area contributed by atoms with E-state index in [9.17, 15) is 13.2 Å². The number of hydrogen-bond acceptors (Lipinski definition) is 1. The van der Waals surface area contributed by atoms with Crippen LogP contribution in [0.3, 0.4) is 0 Å². The van der Waals surface area contributed by atoms with Gasteiger partial charge in [0, 0.05) is 4.90 Å². The van der Waals surface area contributed by atoms with Crippen LogP contribution in [0.25, 0.3) is 6.08 Å². The fourth-order valence-electron chi connectivity index (χ4n) is 0.928. The molecule has 15 heavy (non-hydrogen) atoms. The average Bonchev–Trinajstić information content (AvgIpc) is 2.17. The highest BCUT2D eigenvalue weighted by Crippen LogP contribution is 2.30. The average molecular weight is 253 g/mol. The molecule has 1 aromatic carbocycles. The summed E-state index contributed by atoms with van der Waals surface area (Å²) in [6.45, 7) is 0. The molecule has 0 spiro atoms. The fraction of sp³-hybridized carbons (Fsp3) is 0.200. The SMILES string of the molecule is CSc1ccc(/C=C(/Cl)C(F)(F)F)cc1. The van der Waals surface area contributed by atoms with Crippen LogP contribution in [0.1, 0.15) is 5.56 Å². The molecule has 5 heteroatoms. The van der Waals surface area contributed by atoms with Gasteiger partial charge in [-0.3, -0.25) is 0 Å². The van der Waals surface area contributed by atoms with Gasteiger partial charge in [0.05, 0.1) is 0 Å². The lowest BCUT2D eigenvalue weighted by Gasteiger charge is -2.04. The van der Waals surface area contributed by atoms with Crippen LogP contribution in [0.2, 0.25) is 0 Å². The van der Waals surface area contributed by atoms with Crippen molar-refractivity contribution < 1.29 is 13.2 Å². The van der Waals surface area contributed by atoms with Gasteiger partial charge in [0.15, 0.2) is 0 Å². The third-order valence-electron chi connectivity index (χ3n) is 1.68. The van der Waals surface area contributed by atoms with E-state index in [1.807, 2.05) is 6.26 Å². The van der Waals surface area contributed by atoms with Crippen LogP contribution in [0, 0.1) is 0 Å². The number of alkyl halides is 3. The predicted molar refractivity (Wildman–Crippen MR) is 58.1 cm³/mol. The Labute approximate surface area is 95.1 Å². The number of hydrogen-bond donors (Lipinski definition) is 0. The zero-order valence-electron chi connectivity index (χ0n) is 7.81. The van der Waals surface area contributed by atoms with Gasteiger partial charge in [0.2, 0.25) is 0 Å². The standard InChI is InChI=1S/C10H8ClF3S/c1-15-8-4-2-7(3-5-8)6-9(11)10(12,13)14/h2-6H,1H3/b9-6+. The van der Waals surface area contributed by atoms with Crippen molar-refractivity contribution in [2.24, 2.45) is 0 Å². The molecule has 0 radical (unpaired) electrons. The third-order valence-corrected chi connectivity index (χ3v) is 2.75. The minimum absolute atomic E-state index is 0.440. The van der Waals surface area contributed by atoms with Crippen molar-refractivity contribution in [2.75, 3.05) is 6.26 Å². The Morgan fingerprint density at radius 3 is 2.20 bits per heavy atom. The van der Waals surface area contributed by atoms with Crippen LogP contribution < -0.4 is 0 Å². The van der Waals surface area contributed by atoms with Crippen LogP contribution in [0.4, 0.5) is 13.2 Å². The zero-order valence-corrected chi connectivity index (χ0v) is 9.38. The topological polar surface area (TPSA) is 0 Å². The summed E-state index contributed by atoms with van der Waals surface area (Å²) >= 11 is 6.62. The van der Waals surface area contributed by atoms with Crippen molar-refractivity contribution in [2.45, 2.75) is 11.1 Å². The van der Waals surface area contributed by atoms with Gasteiger partial charge in [-0.15, -0.1) is 11.8 Å². The van der Waals surface area contributed by atoms with Gasteiger partial charge < -0.3 is 0 Å². The first-order chi connectivity index (χ1) is 6.93. The molecule has 0 aliphatic heterocycles. The number of benzene rings is 1. The number of allylic oxidation sites excluding steroid dienone is 1. The van der Waals surface area contributed by atoms with Crippen LogP contribution in [-0.4, -0.2) is 12.4 Å². The van der Waals surface area contributed by atoms with Crippen molar-refractivity contribution >= 4 is 29.4 Å². The molecular formula is C10H8ClF3S. The second-order valence-electron chi connectivity index (χ2n) is 2.76. The van der Waals surface area contributed by atoms with Gasteiger partial charge in [-0.05, 0) is 30.0 Å². The van der Waals surface area contributed by atoms with E-state index >= 15 is 0 Å². The van der Waals surface area contributed by atoms with Crippen molar-refractivity contribution in [3.05, 3.63) is 34.9 Å². The molecule has 0 amide bonds. The molecule has 0 aromatic heterocycles. The summed E-state index contributed by atoms with van der Waals surface area (Å²) in [6.07, 6.45) is -1.67. The Hall–Kier alpha value is -0.610. The van der Waals surface area contributed by atoms with Crippen molar-refractivity contribution in [1.82, 2.24) is 0 Å². The second kappa shape index (κ2) is 4.94. The minimum atomic E-state index is -4.47. The first-order valence-electron chi connectivity index (χ1n) is 4.02. The Kier molecular flexibility index (Phi) is 4.11. The largest absolute Gasteiger partial charge is 0.426 e. The van der Waals surface area contributed by atoms with Crippen molar-refractivity contribution in [1.29, 1.82) is 0 Å². The van der Waals surface area contributed by atoms with Crippen LogP contribution in [-0.2, 0) is 0 Å². The molecule has 1 rings (SSSR count). The Morgan fingerprint density at radius 1 is 1.27 bits per heavy atom. The summed E-state index contributed by atoms with van der Waals surface area (Å²) in [5.74, 6) is 0. The lowest BCUT2D eigenvalue weighted by Crippen LogP contribution is -2.06. The number of thioether (sulfide) groups is 1. The predicted octanol–water partition coefficient (Wildman–Crippen LogP) is 4.55. The first kappa shape index (κ1) is 12.5. The molecule has 0 bridgehead atoms. The monoisotopic (exact) mass is 252 g/mol. The fourth-order valence-corrected chi connectivity index (χ4v) is 1.46. The van der Waals surface area contributed by atoms with E-state index in [1.165, 1.54) is 11.8 Å². The van der Waals surface area contributed by atoms with E-state index in [4.69, 9.17) is 11.6 Å². The summed E-state index contributed by atoms with van der Waals surface area (Å²) < 4.78 is 36.2. The molecule has 82 valence electrons. The third kappa shape index (κ3) is 3.80. The number of halogens is 4. The van der Waals surface area contributed by atoms with Gasteiger partial charge in [-0.2, -0.15) is 13.2 Å². The molecule has 0 saturated heterocycles. The summed E-state index contributed by atoms with van der Waals surface area (Å²) in [4.78, 5) is 0.996. The van der Waals surface area contributed by atoms with Gasteiger partial charge >= 0.3 is 6.18 Å². The Balaban J connectivity index is 2.89. The van der Waals surface area contributed by atoms with E-state index in [-0.39, 0.29) is 0 Å². The second-order valence-corrected chi connectivity index (χ2v) is 4.05. The molecular weight excluding hydrogens is 245 g/mol. The quantitative estimate of drug-likeness (QED) is 0.696. The smallest absolute Gasteiger partial charge is 0.165 e. The van der Waals surface area contributed by atoms with E-state index in [0.29, 0.717) is 5.56 Å². The van der Waals surface area contributed by atoms with E-state index < -0.39 is 11.2 Å². The Morgan fingerprint density at radius 2 is 1.80 bits per heavy atom. The maximum Gasteiger partial charge on any atom is 0.426 e. The summed E-state index contributed by atoms with van der Waals surface area (Å²) in [6, 6.07) is 6.69. The molecule has 0 unspecified atom stereocenters.